The van der Waals surface area contributed by atoms with E-state index in [9.17, 15) is 0 Å². The molecule has 0 aromatic carbocycles. The number of ether oxygens (including phenoxy) is 1. The first-order valence-electron chi connectivity index (χ1n) is 6.74. The van der Waals surface area contributed by atoms with Crippen molar-refractivity contribution in [1.29, 1.82) is 0 Å². The molecular weight excluding hydrogens is 186 g/mol. The topological polar surface area (TPSA) is 12.5 Å². The first-order valence-corrected chi connectivity index (χ1v) is 6.74. The van der Waals surface area contributed by atoms with Gasteiger partial charge in [-0.1, -0.05) is 26.2 Å². The Balaban J connectivity index is 1.59. The molecule has 0 saturated carbocycles. The van der Waals surface area contributed by atoms with Crippen molar-refractivity contribution in [2.45, 2.75) is 51.6 Å². The van der Waals surface area contributed by atoms with Crippen molar-refractivity contribution in [2.24, 2.45) is 5.92 Å². The van der Waals surface area contributed by atoms with Crippen LogP contribution in [0.3, 0.4) is 0 Å². The molecule has 1 unspecified atom stereocenters. The first kappa shape index (κ1) is 11.4. The third kappa shape index (κ3) is 3.18. The maximum atomic E-state index is 6.02. The second kappa shape index (κ2) is 5.86. The van der Waals surface area contributed by atoms with E-state index in [0.717, 1.165) is 12.5 Å². The van der Waals surface area contributed by atoms with Gasteiger partial charge in [0.1, 0.15) is 0 Å². The highest BCUT2D eigenvalue weighted by molar-refractivity contribution is 4.87. The van der Waals surface area contributed by atoms with E-state index in [0.29, 0.717) is 6.10 Å². The van der Waals surface area contributed by atoms with E-state index in [-0.39, 0.29) is 0 Å². The van der Waals surface area contributed by atoms with Crippen LogP contribution in [0.25, 0.3) is 0 Å². The van der Waals surface area contributed by atoms with Gasteiger partial charge in [0.15, 0.2) is 0 Å². The minimum absolute atomic E-state index is 0.564. The molecule has 88 valence electrons. The van der Waals surface area contributed by atoms with Crippen LogP contribution in [0.15, 0.2) is 0 Å². The lowest BCUT2D eigenvalue weighted by Crippen LogP contribution is -2.51. The summed E-state index contributed by atoms with van der Waals surface area (Å²) < 4.78 is 6.02. The van der Waals surface area contributed by atoms with Crippen LogP contribution in [0.5, 0.6) is 0 Å². The van der Waals surface area contributed by atoms with E-state index in [1.165, 1.54) is 58.2 Å². The Hall–Kier alpha value is -0.0800. The summed E-state index contributed by atoms with van der Waals surface area (Å²) in [4.78, 5) is 2.57. The molecule has 2 nitrogen and oxygen atoms in total. The van der Waals surface area contributed by atoms with Crippen molar-refractivity contribution in [2.75, 3.05) is 26.2 Å². The summed E-state index contributed by atoms with van der Waals surface area (Å²) in [7, 11) is 0. The molecule has 3 aliphatic rings. The zero-order valence-corrected chi connectivity index (χ0v) is 10.1. The van der Waals surface area contributed by atoms with Crippen LogP contribution in [0.2, 0.25) is 0 Å². The maximum absolute atomic E-state index is 6.02. The van der Waals surface area contributed by atoms with Crippen LogP contribution in [0.1, 0.15) is 45.4 Å². The summed E-state index contributed by atoms with van der Waals surface area (Å²) in [6.45, 7) is 7.10. The molecule has 2 bridgehead atoms. The number of hydrogen-bond acceptors (Lipinski definition) is 2. The molecule has 0 spiro atoms. The first-order chi connectivity index (χ1) is 7.40. The van der Waals surface area contributed by atoms with Gasteiger partial charge in [-0.25, -0.2) is 0 Å². The van der Waals surface area contributed by atoms with Gasteiger partial charge in [0, 0.05) is 13.2 Å². The molecule has 3 rings (SSSR count). The predicted octanol–water partition coefficient (Wildman–Crippen LogP) is 2.68. The molecule has 0 aromatic heterocycles. The maximum Gasteiger partial charge on any atom is 0.0731 e. The van der Waals surface area contributed by atoms with Crippen molar-refractivity contribution >= 4 is 0 Å². The van der Waals surface area contributed by atoms with Crippen molar-refractivity contribution in [3.05, 3.63) is 0 Å². The smallest absolute Gasteiger partial charge is 0.0731 e. The van der Waals surface area contributed by atoms with Gasteiger partial charge in [-0.15, -0.1) is 0 Å². The Labute approximate surface area is 94.0 Å². The zero-order valence-electron chi connectivity index (χ0n) is 10.1. The molecule has 0 aromatic rings. The molecule has 3 fully saturated rings. The molecule has 0 N–H and O–H groups in total. The Morgan fingerprint density at radius 3 is 2.53 bits per heavy atom. The summed E-state index contributed by atoms with van der Waals surface area (Å²) in [6, 6.07) is 0. The van der Waals surface area contributed by atoms with Gasteiger partial charge in [-0.05, 0) is 38.3 Å². The van der Waals surface area contributed by atoms with Gasteiger partial charge < -0.3 is 9.64 Å². The van der Waals surface area contributed by atoms with E-state index in [2.05, 4.69) is 11.8 Å². The summed E-state index contributed by atoms with van der Waals surface area (Å²) in [5, 5.41) is 0. The molecule has 0 radical (unpaired) electrons. The van der Waals surface area contributed by atoms with E-state index < -0.39 is 0 Å². The fraction of sp³-hybridized carbons (Fsp3) is 1.00. The predicted molar refractivity (Wildman–Crippen MR) is 63.0 cm³/mol. The second-order valence-electron chi connectivity index (χ2n) is 5.11. The Kier molecular flexibility index (Phi) is 4.45. The summed E-state index contributed by atoms with van der Waals surface area (Å²) in [6.07, 6.45) is 8.60. The van der Waals surface area contributed by atoms with Gasteiger partial charge in [0.05, 0.1) is 6.10 Å². The second-order valence-corrected chi connectivity index (χ2v) is 5.11. The SMILES string of the molecule is CCCCCCOC1CN2CCC1CC2. The van der Waals surface area contributed by atoms with Gasteiger partial charge in [-0.2, -0.15) is 0 Å². The number of unbranched alkanes of at least 4 members (excludes halogenated alkanes) is 3. The monoisotopic (exact) mass is 211 g/mol. The number of piperidine rings is 3. The van der Waals surface area contributed by atoms with Crippen LogP contribution >= 0.6 is 0 Å². The number of rotatable bonds is 6. The van der Waals surface area contributed by atoms with E-state index in [1.807, 2.05) is 0 Å². The van der Waals surface area contributed by atoms with Crippen molar-refractivity contribution in [1.82, 2.24) is 4.90 Å². The Bertz CT molecular complexity index is 175. The highest BCUT2D eigenvalue weighted by Crippen LogP contribution is 2.29. The van der Waals surface area contributed by atoms with Gasteiger partial charge in [-0.3, -0.25) is 0 Å². The normalized spacial score (nSPS) is 34.6. The Morgan fingerprint density at radius 1 is 1.13 bits per heavy atom. The quantitative estimate of drug-likeness (QED) is 0.626. The Morgan fingerprint density at radius 2 is 1.93 bits per heavy atom. The van der Waals surface area contributed by atoms with Crippen molar-refractivity contribution in [3.63, 3.8) is 0 Å². The average Bonchev–Trinajstić information content (AvgIpc) is 2.30. The average molecular weight is 211 g/mol. The number of fused-ring (bicyclic) bond motifs is 3. The molecule has 15 heavy (non-hydrogen) atoms. The molecule has 3 heterocycles. The summed E-state index contributed by atoms with van der Waals surface area (Å²) >= 11 is 0. The third-order valence-electron chi connectivity index (χ3n) is 3.93. The standard InChI is InChI=1S/C13H25NO/c1-2-3-4-5-10-15-13-11-14-8-6-12(13)7-9-14/h12-13H,2-11H2,1H3. The molecule has 0 amide bonds. The minimum Gasteiger partial charge on any atom is -0.377 e. The molecule has 0 aliphatic carbocycles. The van der Waals surface area contributed by atoms with Crippen LogP contribution in [0.4, 0.5) is 0 Å². The van der Waals surface area contributed by atoms with E-state index in [4.69, 9.17) is 4.74 Å². The molecule has 2 heteroatoms. The van der Waals surface area contributed by atoms with Crippen molar-refractivity contribution < 1.29 is 4.74 Å². The van der Waals surface area contributed by atoms with Crippen LogP contribution in [0, 0.1) is 5.92 Å². The van der Waals surface area contributed by atoms with E-state index >= 15 is 0 Å². The van der Waals surface area contributed by atoms with Gasteiger partial charge >= 0.3 is 0 Å². The fourth-order valence-electron chi connectivity index (χ4n) is 2.86. The van der Waals surface area contributed by atoms with Crippen LogP contribution < -0.4 is 0 Å². The van der Waals surface area contributed by atoms with Gasteiger partial charge in [0.2, 0.25) is 0 Å². The van der Waals surface area contributed by atoms with E-state index in [1.54, 1.807) is 0 Å². The molecular formula is C13H25NO. The highest BCUT2D eigenvalue weighted by atomic mass is 16.5. The number of nitrogens with zero attached hydrogens (tertiary/aromatic N) is 1. The van der Waals surface area contributed by atoms with Crippen LogP contribution in [-0.2, 0) is 4.74 Å². The third-order valence-corrected chi connectivity index (χ3v) is 3.93. The zero-order chi connectivity index (χ0) is 10.5. The van der Waals surface area contributed by atoms with Crippen molar-refractivity contribution in [3.8, 4) is 0 Å². The number of hydrogen-bond donors (Lipinski definition) is 0. The summed E-state index contributed by atoms with van der Waals surface area (Å²) in [5.74, 6) is 0.876. The largest absolute Gasteiger partial charge is 0.377 e. The minimum atomic E-state index is 0.564. The lowest BCUT2D eigenvalue weighted by Gasteiger charge is -2.44. The highest BCUT2D eigenvalue weighted by Gasteiger charge is 2.34. The molecule has 1 atom stereocenters. The lowest BCUT2D eigenvalue weighted by molar-refractivity contribution is -0.0701. The summed E-state index contributed by atoms with van der Waals surface area (Å²) in [5.41, 5.74) is 0. The molecule has 3 saturated heterocycles. The fourth-order valence-corrected chi connectivity index (χ4v) is 2.86. The molecule has 3 aliphatic heterocycles. The van der Waals surface area contributed by atoms with Crippen LogP contribution in [-0.4, -0.2) is 37.2 Å². The lowest BCUT2D eigenvalue weighted by atomic mass is 9.86. The van der Waals surface area contributed by atoms with Gasteiger partial charge in [0.25, 0.3) is 0 Å².